The molecule has 198 valence electrons. The average molecular weight is 511 g/mol. The number of benzene rings is 1. The summed E-state index contributed by atoms with van der Waals surface area (Å²) >= 11 is 0. The maximum atomic E-state index is 12.4. The van der Waals surface area contributed by atoms with Crippen molar-refractivity contribution < 1.29 is 19.7 Å². The molecule has 1 aliphatic heterocycles. The van der Waals surface area contributed by atoms with Crippen molar-refractivity contribution in [3.05, 3.63) is 42.0 Å². The van der Waals surface area contributed by atoms with Gasteiger partial charge in [0.05, 0.1) is 6.33 Å². The van der Waals surface area contributed by atoms with Gasteiger partial charge in [0, 0.05) is 18.8 Å². The van der Waals surface area contributed by atoms with Gasteiger partial charge in [0.1, 0.15) is 30.2 Å². The lowest BCUT2D eigenvalue weighted by Crippen LogP contribution is -2.39. The summed E-state index contributed by atoms with van der Waals surface area (Å²) in [7, 11) is 1.91. The molecule has 12 heteroatoms. The highest BCUT2D eigenvalue weighted by Crippen LogP contribution is 2.32. The third-order valence-electron chi connectivity index (χ3n) is 7.14. The van der Waals surface area contributed by atoms with Gasteiger partial charge in [0.2, 0.25) is 0 Å². The highest BCUT2D eigenvalue weighted by molar-refractivity contribution is 5.90. The van der Waals surface area contributed by atoms with Crippen LogP contribution in [0.15, 0.2) is 30.9 Å². The van der Waals surface area contributed by atoms with Crippen LogP contribution in [0.3, 0.4) is 0 Å². The monoisotopic (exact) mass is 510 g/mol. The first-order valence-corrected chi connectivity index (χ1v) is 12.7. The molecule has 1 aromatic carbocycles. The molecule has 1 fully saturated rings. The molecule has 3 aromatic rings. The van der Waals surface area contributed by atoms with E-state index in [-0.39, 0.29) is 11.8 Å². The fourth-order valence-corrected chi connectivity index (χ4v) is 5.18. The number of nitrogens with zero attached hydrogens (tertiary/aromatic N) is 5. The number of nitrogen functional groups attached to an aromatic ring is 1. The van der Waals surface area contributed by atoms with E-state index in [0.29, 0.717) is 37.2 Å². The Morgan fingerprint density at radius 3 is 2.92 bits per heavy atom. The van der Waals surface area contributed by atoms with Gasteiger partial charge in [-0.1, -0.05) is 12.1 Å². The largest absolute Gasteiger partial charge is 0.387 e. The maximum absolute atomic E-state index is 12.4. The molecule has 0 saturated carbocycles. The molecule has 2 amide bonds. The summed E-state index contributed by atoms with van der Waals surface area (Å²) in [6.45, 7) is 1.58. The standard InChI is InChI=1S/C25H34N8O4/c1-32(11-5-10-27-25(36)31-17-9-4-7-15-6-2-3-8-16(15)17)12-18-20(34)21(35)24(37-18)33-14-30-19-22(26)28-13-29-23(19)33/h4,7,9,13-14,18,20-21,24,34-35H,2-3,5-6,8,10-12H2,1H3,(H2,26,28,29)(H2,27,31,36)/t18-,20-,21-,24-/m1/s1. The van der Waals surface area contributed by atoms with Gasteiger partial charge in [-0.05, 0) is 62.9 Å². The minimum atomic E-state index is -1.15. The summed E-state index contributed by atoms with van der Waals surface area (Å²) < 4.78 is 7.57. The number of nitrogens with one attached hydrogen (secondary N) is 2. The van der Waals surface area contributed by atoms with Crippen molar-refractivity contribution in [2.24, 2.45) is 0 Å². The number of rotatable bonds is 8. The number of nitrogens with two attached hydrogens (primary N) is 1. The normalized spacial score (nSPS) is 23.4. The molecule has 0 radical (unpaired) electrons. The second-order valence-corrected chi connectivity index (χ2v) is 9.78. The van der Waals surface area contributed by atoms with Crippen LogP contribution in [0, 0.1) is 0 Å². The minimum absolute atomic E-state index is 0.209. The lowest BCUT2D eigenvalue weighted by Gasteiger charge is -2.23. The van der Waals surface area contributed by atoms with Gasteiger partial charge in [-0.15, -0.1) is 0 Å². The summed E-state index contributed by atoms with van der Waals surface area (Å²) in [6.07, 6.45) is 4.24. The van der Waals surface area contributed by atoms with Crippen LogP contribution < -0.4 is 16.4 Å². The highest BCUT2D eigenvalue weighted by atomic mass is 16.6. The number of imidazole rings is 1. The smallest absolute Gasteiger partial charge is 0.319 e. The van der Waals surface area contributed by atoms with Gasteiger partial charge >= 0.3 is 6.03 Å². The van der Waals surface area contributed by atoms with Crippen LogP contribution in [0.4, 0.5) is 16.3 Å². The molecule has 0 bridgehead atoms. The molecule has 12 nitrogen and oxygen atoms in total. The second-order valence-electron chi connectivity index (χ2n) is 9.78. The van der Waals surface area contributed by atoms with E-state index in [0.717, 1.165) is 24.9 Å². The first kappa shape index (κ1) is 25.3. The van der Waals surface area contributed by atoms with Crippen LogP contribution in [0.2, 0.25) is 0 Å². The number of carbonyl (C=O) groups excluding carboxylic acids is 1. The SMILES string of the molecule is CN(CCCNC(=O)Nc1cccc2c1CCCC2)C[C@H]1O[C@@H](n2cnc3c(N)ncnc32)[C@H](O)[C@@H]1O. The minimum Gasteiger partial charge on any atom is -0.387 e. The number of carbonyl (C=O) groups is 1. The zero-order chi connectivity index (χ0) is 25.9. The number of aliphatic hydroxyl groups is 2. The van der Waals surface area contributed by atoms with E-state index in [4.69, 9.17) is 10.5 Å². The van der Waals surface area contributed by atoms with E-state index in [9.17, 15) is 15.0 Å². The van der Waals surface area contributed by atoms with E-state index in [1.807, 2.05) is 24.1 Å². The van der Waals surface area contributed by atoms with Crippen molar-refractivity contribution in [1.82, 2.24) is 29.7 Å². The van der Waals surface area contributed by atoms with E-state index >= 15 is 0 Å². The van der Waals surface area contributed by atoms with Crippen LogP contribution in [0.1, 0.15) is 36.6 Å². The van der Waals surface area contributed by atoms with Crippen molar-refractivity contribution in [3.8, 4) is 0 Å². The molecular formula is C25H34N8O4. The second kappa shape index (κ2) is 11.0. The van der Waals surface area contributed by atoms with E-state index < -0.39 is 24.5 Å². The number of aliphatic hydroxyl groups excluding tert-OH is 2. The Morgan fingerprint density at radius 1 is 1.22 bits per heavy atom. The fourth-order valence-electron chi connectivity index (χ4n) is 5.18. The summed E-state index contributed by atoms with van der Waals surface area (Å²) in [5.74, 6) is 0.235. The molecular weight excluding hydrogens is 476 g/mol. The number of fused-ring (bicyclic) bond motifs is 2. The van der Waals surface area contributed by atoms with Crippen molar-refractivity contribution in [2.75, 3.05) is 37.7 Å². The van der Waals surface area contributed by atoms with E-state index in [2.05, 4.69) is 31.7 Å². The predicted octanol–water partition coefficient (Wildman–Crippen LogP) is 1.05. The Labute approximate surface area is 214 Å². The number of anilines is 2. The summed E-state index contributed by atoms with van der Waals surface area (Å²) in [6, 6.07) is 5.88. The number of aryl methyl sites for hydroxylation is 1. The van der Waals surface area contributed by atoms with Gasteiger partial charge in [0.15, 0.2) is 17.7 Å². The number of urea groups is 1. The highest BCUT2D eigenvalue weighted by Gasteiger charge is 2.44. The van der Waals surface area contributed by atoms with Crippen LogP contribution in [0.25, 0.3) is 11.2 Å². The number of ether oxygens (including phenoxy) is 1. The Kier molecular flexibility index (Phi) is 7.51. The number of likely N-dealkylation sites (N-methyl/N-ethyl adjacent to an activating group) is 1. The van der Waals surface area contributed by atoms with Crippen LogP contribution in [0.5, 0.6) is 0 Å². The van der Waals surface area contributed by atoms with Gasteiger partial charge in [-0.2, -0.15) is 0 Å². The van der Waals surface area contributed by atoms with E-state index in [1.165, 1.54) is 30.2 Å². The van der Waals surface area contributed by atoms with Gasteiger partial charge in [-0.25, -0.2) is 19.7 Å². The molecule has 0 spiro atoms. The Hall–Kier alpha value is -3.32. The quantitative estimate of drug-likeness (QED) is 0.279. The third kappa shape index (κ3) is 5.37. The zero-order valence-corrected chi connectivity index (χ0v) is 20.9. The molecule has 6 N–H and O–H groups in total. The molecule has 0 unspecified atom stereocenters. The Bertz CT molecular complexity index is 1250. The Morgan fingerprint density at radius 2 is 2.05 bits per heavy atom. The van der Waals surface area contributed by atoms with Gasteiger partial charge in [-0.3, -0.25) is 4.57 Å². The topological polar surface area (TPSA) is 164 Å². The van der Waals surface area contributed by atoms with Crippen LogP contribution in [-0.2, 0) is 17.6 Å². The summed E-state index contributed by atoms with van der Waals surface area (Å²) in [4.78, 5) is 26.7. The summed E-state index contributed by atoms with van der Waals surface area (Å²) in [5, 5.41) is 27.2. The lowest BCUT2D eigenvalue weighted by molar-refractivity contribution is -0.0421. The first-order chi connectivity index (χ1) is 17.9. The van der Waals surface area contributed by atoms with Crippen molar-refractivity contribution in [1.29, 1.82) is 0 Å². The molecule has 2 aliphatic rings. The number of hydrogen-bond acceptors (Lipinski definition) is 9. The van der Waals surface area contributed by atoms with Crippen molar-refractivity contribution in [3.63, 3.8) is 0 Å². The fraction of sp³-hybridized carbons (Fsp3) is 0.520. The number of aromatic nitrogens is 4. The van der Waals surface area contributed by atoms with Gasteiger partial charge < -0.3 is 36.2 Å². The van der Waals surface area contributed by atoms with Crippen LogP contribution >= 0.6 is 0 Å². The van der Waals surface area contributed by atoms with Crippen molar-refractivity contribution >= 4 is 28.7 Å². The maximum Gasteiger partial charge on any atom is 0.319 e. The first-order valence-electron chi connectivity index (χ1n) is 12.7. The molecule has 4 atom stereocenters. The van der Waals surface area contributed by atoms with Crippen molar-refractivity contribution in [2.45, 2.75) is 56.6 Å². The number of hydrogen-bond donors (Lipinski definition) is 5. The lowest BCUT2D eigenvalue weighted by atomic mass is 9.90. The van der Waals surface area contributed by atoms with E-state index in [1.54, 1.807) is 4.57 Å². The van der Waals surface area contributed by atoms with Crippen LogP contribution in [-0.4, -0.2) is 85.7 Å². The molecule has 1 saturated heterocycles. The molecule has 3 heterocycles. The molecule has 2 aromatic heterocycles. The molecule has 5 rings (SSSR count). The average Bonchev–Trinajstić information content (AvgIpc) is 3.44. The predicted molar refractivity (Wildman–Crippen MR) is 138 cm³/mol. The summed E-state index contributed by atoms with van der Waals surface area (Å²) in [5.41, 5.74) is 10.2. The van der Waals surface area contributed by atoms with Gasteiger partial charge in [0.25, 0.3) is 0 Å². The molecule has 37 heavy (non-hydrogen) atoms. The molecule has 1 aliphatic carbocycles. The zero-order valence-electron chi connectivity index (χ0n) is 20.9. The Balaban J connectivity index is 1.08. The number of amides is 2. The third-order valence-corrected chi connectivity index (χ3v) is 7.14.